The van der Waals surface area contributed by atoms with E-state index in [1.165, 1.54) is 0 Å². The largest absolute Gasteiger partial charge is 0.508 e. The van der Waals surface area contributed by atoms with Crippen LogP contribution in [0.5, 0.6) is 11.5 Å². The van der Waals surface area contributed by atoms with Crippen LogP contribution in [-0.4, -0.2) is 11.7 Å². The van der Waals surface area contributed by atoms with Gasteiger partial charge in [0.2, 0.25) is 0 Å². The van der Waals surface area contributed by atoms with Crippen molar-refractivity contribution in [1.82, 2.24) is 0 Å². The van der Waals surface area contributed by atoms with Crippen LogP contribution in [0.4, 0.5) is 0 Å². The van der Waals surface area contributed by atoms with Crippen molar-refractivity contribution in [2.24, 2.45) is 0 Å². The quantitative estimate of drug-likeness (QED) is 0.718. The van der Waals surface area contributed by atoms with Gasteiger partial charge < -0.3 is 9.84 Å². The summed E-state index contributed by atoms with van der Waals surface area (Å²) in [5.74, 6) is 0.971. The standard InChI is InChI=1S/C11H14O2/c1-3-7-13-11-8-10(12)6-5-9(11)4-2/h3,5-6,8,12H,1,4,7H2,2H3. The van der Waals surface area contributed by atoms with Crippen molar-refractivity contribution in [3.8, 4) is 11.5 Å². The van der Waals surface area contributed by atoms with E-state index in [4.69, 9.17) is 4.74 Å². The van der Waals surface area contributed by atoms with E-state index in [0.29, 0.717) is 6.61 Å². The highest BCUT2D eigenvalue weighted by atomic mass is 16.5. The molecule has 0 amide bonds. The molecule has 0 aliphatic heterocycles. The Hall–Kier alpha value is -1.44. The molecule has 0 bridgehead atoms. The van der Waals surface area contributed by atoms with Crippen LogP contribution in [0.15, 0.2) is 30.9 Å². The van der Waals surface area contributed by atoms with Crippen molar-refractivity contribution >= 4 is 0 Å². The molecular formula is C11H14O2. The first-order chi connectivity index (χ1) is 6.27. The minimum Gasteiger partial charge on any atom is -0.508 e. The zero-order valence-corrected chi connectivity index (χ0v) is 7.79. The lowest BCUT2D eigenvalue weighted by atomic mass is 10.1. The van der Waals surface area contributed by atoms with Crippen LogP contribution in [0.2, 0.25) is 0 Å². The van der Waals surface area contributed by atoms with Crippen molar-refractivity contribution in [3.05, 3.63) is 36.4 Å². The highest BCUT2D eigenvalue weighted by Gasteiger charge is 2.01. The first-order valence-corrected chi connectivity index (χ1v) is 4.33. The number of rotatable bonds is 4. The summed E-state index contributed by atoms with van der Waals surface area (Å²) in [5.41, 5.74) is 1.10. The van der Waals surface area contributed by atoms with Crippen molar-refractivity contribution in [2.75, 3.05) is 6.61 Å². The molecule has 0 atom stereocenters. The topological polar surface area (TPSA) is 29.5 Å². The van der Waals surface area contributed by atoms with Crippen LogP contribution in [0, 0.1) is 0 Å². The SMILES string of the molecule is C=CCOc1cc(O)ccc1CC. The van der Waals surface area contributed by atoms with Crippen LogP contribution in [0.3, 0.4) is 0 Å². The molecular weight excluding hydrogens is 164 g/mol. The summed E-state index contributed by atoms with van der Waals surface area (Å²) in [6.45, 7) is 6.08. The molecule has 1 rings (SSSR count). The second-order valence-electron chi connectivity index (χ2n) is 2.75. The highest BCUT2D eigenvalue weighted by molar-refractivity contribution is 5.40. The van der Waals surface area contributed by atoms with Gasteiger partial charge in [-0.15, -0.1) is 0 Å². The van der Waals surface area contributed by atoms with Gasteiger partial charge >= 0.3 is 0 Å². The third-order valence-electron chi connectivity index (χ3n) is 1.79. The van der Waals surface area contributed by atoms with Crippen molar-refractivity contribution < 1.29 is 9.84 Å². The summed E-state index contributed by atoms with van der Waals surface area (Å²) in [6, 6.07) is 5.16. The molecule has 0 fully saturated rings. The monoisotopic (exact) mass is 178 g/mol. The van der Waals surface area contributed by atoms with E-state index in [-0.39, 0.29) is 5.75 Å². The molecule has 1 aromatic carbocycles. The summed E-state index contributed by atoms with van der Waals surface area (Å²) < 4.78 is 5.38. The minimum absolute atomic E-state index is 0.233. The molecule has 70 valence electrons. The maximum Gasteiger partial charge on any atom is 0.126 e. The van der Waals surface area contributed by atoms with Gasteiger partial charge in [0.25, 0.3) is 0 Å². The molecule has 0 saturated carbocycles. The van der Waals surface area contributed by atoms with E-state index in [2.05, 4.69) is 6.58 Å². The second-order valence-corrected chi connectivity index (χ2v) is 2.75. The number of aryl methyl sites for hydroxylation is 1. The fourth-order valence-corrected chi connectivity index (χ4v) is 1.12. The van der Waals surface area contributed by atoms with E-state index in [1.54, 1.807) is 18.2 Å². The summed E-state index contributed by atoms with van der Waals surface area (Å²) in [6.07, 6.45) is 2.58. The maximum absolute atomic E-state index is 9.23. The third kappa shape index (κ3) is 2.51. The number of phenolic OH excluding ortho intramolecular Hbond substituents is 1. The Bertz CT molecular complexity index is 292. The molecule has 0 saturated heterocycles. The Morgan fingerprint density at radius 2 is 2.31 bits per heavy atom. The zero-order valence-electron chi connectivity index (χ0n) is 7.79. The molecule has 0 aromatic heterocycles. The van der Waals surface area contributed by atoms with Gasteiger partial charge in [-0.05, 0) is 18.1 Å². The van der Waals surface area contributed by atoms with Gasteiger partial charge in [0.05, 0.1) is 0 Å². The predicted octanol–water partition coefficient (Wildman–Crippen LogP) is 2.52. The lowest BCUT2D eigenvalue weighted by molar-refractivity contribution is 0.356. The summed E-state index contributed by atoms with van der Waals surface area (Å²) in [7, 11) is 0. The number of phenols is 1. The number of benzene rings is 1. The fraction of sp³-hybridized carbons (Fsp3) is 0.273. The predicted molar refractivity (Wildman–Crippen MR) is 53.2 cm³/mol. The molecule has 2 nitrogen and oxygen atoms in total. The van der Waals surface area contributed by atoms with Gasteiger partial charge in [-0.25, -0.2) is 0 Å². The molecule has 1 aromatic rings. The smallest absolute Gasteiger partial charge is 0.126 e. The molecule has 0 unspecified atom stereocenters. The molecule has 0 heterocycles. The first kappa shape index (κ1) is 9.65. The van der Waals surface area contributed by atoms with E-state index < -0.39 is 0 Å². The molecule has 0 aliphatic rings. The average Bonchev–Trinajstić information content (AvgIpc) is 2.15. The van der Waals surface area contributed by atoms with Crippen molar-refractivity contribution in [3.63, 3.8) is 0 Å². The molecule has 2 heteroatoms. The molecule has 13 heavy (non-hydrogen) atoms. The lowest BCUT2D eigenvalue weighted by Crippen LogP contribution is -1.96. The van der Waals surface area contributed by atoms with Crippen molar-refractivity contribution in [2.45, 2.75) is 13.3 Å². The fourth-order valence-electron chi connectivity index (χ4n) is 1.12. The Morgan fingerprint density at radius 3 is 2.92 bits per heavy atom. The van der Waals surface area contributed by atoms with Gasteiger partial charge in [-0.2, -0.15) is 0 Å². The van der Waals surface area contributed by atoms with Gasteiger partial charge in [0, 0.05) is 6.07 Å². The van der Waals surface area contributed by atoms with E-state index in [1.807, 2.05) is 13.0 Å². The van der Waals surface area contributed by atoms with Gasteiger partial charge in [-0.3, -0.25) is 0 Å². The highest BCUT2D eigenvalue weighted by Crippen LogP contribution is 2.24. The Labute approximate surface area is 78.5 Å². The second kappa shape index (κ2) is 4.55. The molecule has 1 N–H and O–H groups in total. The van der Waals surface area contributed by atoms with Gasteiger partial charge in [0.1, 0.15) is 18.1 Å². The average molecular weight is 178 g/mol. The summed E-state index contributed by atoms with van der Waals surface area (Å²) in [4.78, 5) is 0. The summed E-state index contributed by atoms with van der Waals surface area (Å²) in [5, 5.41) is 9.23. The normalized spacial score (nSPS) is 9.62. The molecule has 0 radical (unpaired) electrons. The summed E-state index contributed by atoms with van der Waals surface area (Å²) >= 11 is 0. The van der Waals surface area contributed by atoms with Crippen LogP contribution < -0.4 is 4.74 Å². The van der Waals surface area contributed by atoms with Crippen molar-refractivity contribution in [1.29, 1.82) is 0 Å². The number of hydrogen-bond donors (Lipinski definition) is 1. The lowest BCUT2D eigenvalue weighted by Gasteiger charge is -2.08. The van der Waals surface area contributed by atoms with E-state index in [9.17, 15) is 5.11 Å². The maximum atomic E-state index is 9.23. The first-order valence-electron chi connectivity index (χ1n) is 4.33. The van der Waals surface area contributed by atoms with Crippen LogP contribution >= 0.6 is 0 Å². The number of aromatic hydroxyl groups is 1. The van der Waals surface area contributed by atoms with Crippen LogP contribution in [0.25, 0.3) is 0 Å². The van der Waals surface area contributed by atoms with E-state index >= 15 is 0 Å². The molecule has 0 spiro atoms. The van der Waals surface area contributed by atoms with Gasteiger partial charge in [-0.1, -0.05) is 25.6 Å². The Morgan fingerprint density at radius 1 is 1.54 bits per heavy atom. The Kier molecular flexibility index (Phi) is 3.38. The van der Waals surface area contributed by atoms with Crippen LogP contribution in [-0.2, 0) is 6.42 Å². The number of hydrogen-bond acceptors (Lipinski definition) is 2. The Balaban J connectivity index is 2.87. The zero-order chi connectivity index (χ0) is 9.68. The number of ether oxygens (including phenoxy) is 1. The van der Waals surface area contributed by atoms with Crippen LogP contribution in [0.1, 0.15) is 12.5 Å². The van der Waals surface area contributed by atoms with E-state index in [0.717, 1.165) is 17.7 Å². The molecule has 0 aliphatic carbocycles. The van der Waals surface area contributed by atoms with Gasteiger partial charge in [0.15, 0.2) is 0 Å². The minimum atomic E-state index is 0.233. The third-order valence-corrected chi connectivity index (χ3v) is 1.79.